The summed E-state index contributed by atoms with van der Waals surface area (Å²) < 4.78 is 7.67. The van der Waals surface area contributed by atoms with Gasteiger partial charge in [0.05, 0.1) is 6.10 Å². The van der Waals surface area contributed by atoms with Gasteiger partial charge in [-0.2, -0.15) is 5.26 Å². The lowest BCUT2D eigenvalue weighted by Gasteiger charge is -2.35. The quantitative estimate of drug-likeness (QED) is 0.625. The van der Waals surface area contributed by atoms with Crippen molar-refractivity contribution < 1.29 is 4.74 Å². The van der Waals surface area contributed by atoms with Crippen molar-refractivity contribution >= 4 is 11.5 Å². The number of nitriles is 1. The van der Waals surface area contributed by atoms with Crippen molar-refractivity contribution in [1.29, 1.82) is 5.26 Å². The lowest BCUT2D eigenvalue weighted by molar-refractivity contribution is 0.242. The summed E-state index contributed by atoms with van der Waals surface area (Å²) in [6.45, 7) is 8.70. The zero-order chi connectivity index (χ0) is 20.5. The zero-order valence-electron chi connectivity index (χ0n) is 17.6. The smallest absolute Gasteiger partial charge is 0.173 e. The van der Waals surface area contributed by atoms with Gasteiger partial charge in [-0.15, -0.1) is 0 Å². The summed E-state index contributed by atoms with van der Waals surface area (Å²) in [5.41, 5.74) is 3.06. The first kappa shape index (κ1) is 19.4. The Kier molecular flexibility index (Phi) is 5.23. The second-order valence-corrected chi connectivity index (χ2v) is 8.48. The predicted molar refractivity (Wildman–Crippen MR) is 115 cm³/mol. The van der Waals surface area contributed by atoms with Crippen molar-refractivity contribution in [3.05, 3.63) is 36.0 Å². The molecule has 1 aromatic carbocycles. The van der Waals surface area contributed by atoms with Crippen LogP contribution in [0.25, 0.3) is 16.9 Å². The molecule has 3 aromatic rings. The Balaban J connectivity index is 1.74. The molecule has 0 unspecified atom stereocenters. The van der Waals surface area contributed by atoms with Crippen molar-refractivity contribution in [1.82, 2.24) is 14.6 Å². The van der Waals surface area contributed by atoms with Gasteiger partial charge >= 0.3 is 0 Å². The van der Waals surface area contributed by atoms with Crippen molar-refractivity contribution in [3.8, 4) is 23.1 Å². The number of aromatic nitrogens is 3. The number of nitrogens with zero attached hydrogens (tertiary/aromatic N) is 3. The molecule has 0 saturated heterocycles. The van der Waals surface area contributed by atoms with E-state index >= 15 is 0 Å². The summed E-state index contributed by atoms with van der Waals surface area (Å²) in [6.07, 6.45) is 5.51. The number of imidazole rings is 1. The van der Waals surface area contributed by atoms with Crippen LogP contribution in [0, 0.1) is 23.2 Å². The van der Waals surface area contributed by atoms with Crippen LogP contribution in [0.15, 0.2) is 30.5 Å². The highest BCUT2D eigenvalue weighted by Gasteiger charge is 2.29. The largest absolute Gasteiger partial charge is 0.491 e. The number of hydrogen-bond donors (Lipinski definition) is 2. The SMILES string of the molecule is CC(C)Oc1ccc(-c2nc3c(C#N)c[nH]n3c2N[C@@H]2CCC[C@@H](C)[C@@H]2C)cc1. The molecule has 0 spiro atoms. The number of anilines is 1. The molecular weight excluding hydrogens is 362 g/mol. The Morgan fingerprint density at radius 2 is 2.00 bits per heavy atom. The monoisotopic (exact) mass is 391 g/mol. The van der Waals surface area contributed by atoms with Gasteiger partial charge in [0, 0.05) is 17.8 Å². The molecule has 0 aliphatic heterocycles. The fourth-order valence-corrected chi connectivity index (χ4v) is 4.26. The van der Waals surface area contributed by atoms with Crippen LogP contribution in [0.5, 0.6) is 5.75 Å². The van der Waals surface area contributed by atoms with E-state index in [0.717, 1.165) is 29.2 Å². The standard InChI is InChI=1S/C23H29N5O/c1-14(2)29-19-10-8-17(9-11-19)21-23(26-20-7-5-6-15(3)16(20)4)28-22(27-21)18(12-24)13-25-28/h8-11,13-16,20,25-26H,5-7H2,1-4H3/t15-,16+,20-/m1/s1. The van der Waals surface area contributed by atoms with Crippen LogP contribution in [-0.2, 0) is 0 Å². The summed E-state index contributed by atoms with van der Waals surface area (Å²) in [6, 6.07) is 10.6. The lowest BCUT2D eigenvalue weighted by Crippen LogP contribution is -2.35. The minimum atomic E-state index is 0.136. The molecule has 0 radical (unpaired) electrons. The van der Waals surface area contributed by atoms with Crippen LogP contribution in [0.2, 0.25) is 0 Å². The van der Waals surface area contributed by atoms with Gasteiger partial charge in [0.2, 0.25) is 0 Å². The van der Waals surface area contributed by atoms with Crippen LogP contribution < -0.4 is 10.1 Å². The highest BCUT2D eigenvalue weighted by molar-refractivity contribution is 5.78. The Morgan fingerprint density at radius 3 is 2.69 bits per heavy atom. The van der Waals surface area contributed by atoms with Crippen molar-refractivity contribution in [3.63, 3.8) is 0 Å². The van der Waals surface area contributed by atoms with Gasteiger partial charge in [0.25, 0.3) is 0 Å². The minimum absolute atomic E-state index is 0.136. The molecule has 2 heterocycles. The van der Waals surface area contributed by atoms with Crippen LogP contribution >= 0.6 is 0 Å². The van der Waals surface area contributed by atoms with Gasteiger partial charge in [-0.05, 0) is 56.4 Å². The third-order valence-corrected chi connectivity index (χ3v) is 6.11. The fraction of sp³-hybridized carbons (Fsp3) is 0.478. The lowest BCUT2D eigenvalue weighted by atomic mass is 9.78. The van der Waals surface area contributed by atoms with Gasteiger partial charge in [-0.1, -0.05) is 26.7 Å². The van der Waals surface area contributed by atoms with Crippen LogP contribution in [0.3, 0.4) is 0 Å². The first-order chi connectivity index (χ1) is 14.0. The molecule has 29 heavy (non-hydrogen) atoms. The molecule has 2 N–H and O–H groups in total. The van der Waals surface area contributed by atoms with E-state index in [1.807, 2.05) is 42.6 Å². The average Bonchev–Trinajstić information content (AvgIpc) is 3.25. The maximum absolute atomic E-state index is 9.45. The maximum atomic E-state index is 9.45. The number of rotatable bonds is 5. The van der Waals surface area contributed by atoms with Crippen LogP contribution in [0.4, 0.5) is 5.82 Å². The summed E-state index contributed by atoms with van der Waals surface area (Å²) in [5.74, 6) is 3.04. The number of benzene rings is 1. The molecule has 3 atom stereocenters. The number of nitrogens with one attached hydrogen (secondary N) is 2. The number of aromatic amines is 1. The molecule has 2 aromatic heterocycles. The number of fused-ring (bicyclic) bond motifs is 1. The first-order valence-corrected chi connectivity index (χ1v) is 10.5. The van der Waals surface area contributed by atoms with E-state index in [-0.39, 0.29) is 6.10 Å². The number of H-pyrrole nitrogens is 1. The first-order valence-electron chi connectivity index (χ1n) is 10.5. The van der Waals surface area contributed by atoms with E-state index in [1.165, 1.54) is 12.8 Å². The van der Waals surface area contributed by atoms with E-state index in [4.69, 9.17) is 9.72 Å². The molecule has 1 aliphatic carbocycles. The second kappa shape index (κ2) is 7.82. The molecule has 4 rings (SSSR count). The van der Waals surface area contributed by atoms with E-state index in [1.54, 1.807) is 6.20 Å². The summed E-state index contributed by atoms with van der Waals surface area (Å²) >= 11 is 0. The molecule has 1 fully saturated rings. The predicted octanol–water partition coefficient (Wildman–Crippen LogP) is 5.22. The molecule has 1 aliphatic rings. The van der Waals surface area contributed by atoms with Gasteiger partial charge in [0.15, 0.2) is 11.5 Å². The van der Waals surface area contributed by atoms with Gasteiger partial charge in [-0.3, -0.25) is 5.10 Å². The van der Waals surface area contributed by atoms with E-state index in [2.05, 4.69) is 30.3 Å². The van der Waals surface area contributed by atoms with E-state index < -0.39 is 0 Å². The van der Waals surface area contributed by atoms with Gasteiger partial charge in [0.1, 0.15) is 23.1 Å². The Labute approximate surface area is 171 Å². The van der Waals surface area contributed by atoms with E-state index in [0.29, 0.717) is 29.1 Å². The second-order valence-electron chi connectivity index (χ2n) is 8.48. The molecule has 1 saturated carbocycles. The number of hydrogen-bond acceptors (Lipinski definition) is 4. The molecule has 6 nitrogen and oxygen atoms in total. The topological polar surface area (TPSA) is 78.1 Å². The number of ether oxygens (including phenoxy) is 1. The maximum Gasteiger partial charge on any atom is 0.173 e. The summed E-state index contributed by atoms with van der Waals surface area (Å²) in [4.78, 5) is 4.82. The molecule has 152 valence electrons. The van der Waals surface area contributed by atoms with Crippen molar-refractivity contribution in [2.24, 2.45) is 11.8 Å². The third-order valence-electron chi connectivity index (χ3n) is 6.11. The zero-order valence-corrected chi connectivity index (χ0v) is 17.6. The normalized spacial score (nSPS) is 22.0. The molecular formula is C23H29N5O. The average molecular weight is 392 g/mol. The highest BCUT2D eigenvalue weighted by atomic mass is 16.5. The van der Waals surface area contributed by atoms with Gasteiger partial charge in [-0.25, -0.2) is 9.50 Å². The van der Waals surface area contributed by atoms with Crippen molar-refractivity contribution in [2.75, 3.05) is 5.32 Å². The molecule has 0 bridgehead atoms. The molecule has 0 amide bonds. The van der Waals surface area contributed by atoms with Crippen LogP contribution in [0.1, 0.15) is 52.5 Å². The highest BCUT2D eigenvalue weighted by Crippen LogP contribution is 2.36. The third kappa shape index (κ3) is 3.69. The summed E-state index contributed by atoms with van der Waals surface area (Å²) in [5, 5.41) is 16.4. The Morgan fingerprint density at radius 1 is 1.24 bits per heavy atom. The summed E-state index contributed by atoms with van der Waals surface area (Å²) in [7, 11) is 0. The fourth-order valence-electron chi connectivity index (χ4n) is 4.26. The Bertz CT molecular complexity index is 1020. The van der Waals surface area contributed by atoms with Gasteiger partial charge < -0.3 is 10.1 Å². The Hall–Kier alpha value is -2.94. The van der Waals surface area contributed by atoms with Crippen molar-refractivity contribution in [2.45, 2.75) is 59.1 Å². The van der Waals surface area contributed by atoms with E-state index in [9.17, 15) is 5.26 Å². The van der Waals surface area contributed by atoms with Crippen LogP contribution in [-0.4, -0.2) is 26.7 Å². The minimum Gasteiger partial charge on any atom is -0.491 e. The molecule has 6 heteroatoms.